The van der Waals surface area contributed by atoms with Gasteiger partial charge in [0, 0.05) is 42.5 Å². The molecule has 10 heteroatoms. The lowest BCUT2D eigenvalue weighted by molar-refractivity contribution is 0.0823. The average Bonchev–Trinajstić information content (AvgIpc) is 3.30. The van der Waals surface area contributed by atoms with Gasteiger partial charge in [0.05, 0.1) is 25.8 Å². The molecular formula is C21H23ClN6O3. The third-order valence-electron chi connectivity index (χ3n) is 5.72. The molecule has 0 aromatic carbocycles. The summed E-state index contributed by atoms with van der Waals surface area (Å²) in [6, 6.07) is 2.36. The first-order valence-corrected chi connectivity index (χ1v) is 10.6. The fourth-order valence-corrected chi connectivity index (χ4v) is 4.35. The Morgan fingerprint density at radius 1 is 1.23 bits per heavy atom. The van der Waals surface area contributed by atoms with E-state index in [0.29, 0.717) is 41.4 Å². The second-order valence-corrected chi connectivity index (χ2v) is 7.94. The van der Waals surface area contributed by atoms with Crippen LogP contribution in [0.5, 0.6) is 0 Å². The molecule has 0 unspecified atom stereocenters. The average molecular weight is 443 g/mol. The van der Waals surface area contributed by atoms with Crippen molar-refractivity contribution in [2.45, 2.75) is 31.8 Å². The fraction of sp³-hybridized carbons (Fsp3) is 0.429. The van der Waals surface area contributed by atoms with Crippen LogP contribution in [0.1, 0.15) is 24.8 Å². The second kappa shape index (κ2) is 8.32. The highest BCUT2D eigenvalue weighted by atomic mass is 35.5. The van der Waals surface area contributed by atoms with Crippen molar-refractivity contribution < 1.29 is 14.2 Å². The summed E-state index contributed by atoms with van der Waals surface area (Å²) >= 11 is 6.68. The van der Waals surface area contributed by atoms with E-state index in [1.807, 2.05) is 10.5 Å². The summed E-state index contributed by atoms with van der Waals surface area (Å²) in [4.78, 5) is 9.43. The van der Waals surface area contributed by atoms with Crippen LogP contribution >= 0.6 is 11.6 Å². The third-order valence-corrected chi connectivity index (χ3v) is 6.13. The zero-order chi connectivity index (χ0) is 21.4. The van der Waals surface area contributed by atoms with Gasteiger partial charge in [-0.05, 0) is 24.5 Å². The Morgan fingerprint density at radius 3 is 2.84 bits per heavy atom. The van der Waals surface area contributed by atoms with Crippen LogP contribution in [-0.2, 0) is 20.8 Å². The zero-order valence-corrected chi connectivity index (χ0v) is 18.1. The number of hydrogen-bond donors (Lipinski definition) is 1. The number of nitrogens with one attached hydrogen (secondary N) is 1. The SMILES string of the molecule is COC1=CC(OC)=C(Cl)C(=c2cc3c(n4cnnc24)=NC(NC2CCOCC2)=NC3)C1. The van der Waals surface area contributed by atoms with E-state index in [1.54, 1.807) is 26.6 Å². The van der Waals surface area contributed by atoms with Gasteiger partial charge in [-0.15, -0.1) is 10.2 Å². The molecule has 4 heterocycles. The number of halogens is 1. The molecule has 0 radical (unpaired) electrons. The molecule has 1 fully saturated rings. The van der Waals surface area contributed by atoms with Gasteiger partial charge in [0.1, 0.15) is 23.3 Å². The van der Waals surface area contributed by atoms with E-state index in [0.717, 1.165) is 53.7 Å². The summed E-state index contributed by atoms with van der Waals surface area (Å²) in [6.45, 7) is 2.02. The topological polar surface area (TPSA) is 94.6 Å². The van der Waals surface area contributed by atoms with Crippen molar-refractivity contribution >= 4 is 28.8 Å². The first-order chi connectivity index (χ1) is 15.2. The van der Waals surface area contributed by atoms with Crippen molar-refractivity contribution in [1.82, 2.24) is 19.9 Å². The first-order valence-electron chi connectivity index (χ1n) is 10.2. The molecule has 0 bridgehead atoms. The van der Waals surface area contributed by atoms with Gasteiger partial charge >= 0.3 is 0 Å². The minimum Gasteiger partial charge on any atom is -0.501 e. The highest BCUT2D eigenvalue weighted by Crippen LogP contribution is 2.32. The lowest BCUT2D eigenvalue weighted by Gasteiger charge is -2.24. The van der Waals surface area contributed by atoms with Gasteiger partial charge in [-0.25, -0.2) is 4.99 Å². The minimum atomic E-state index is 0.321. The van der Waals surface area contributed by atoms with Crippen molar-refractivity contribution in [2.75, 3.05) is 27.4 Å². The van der Waals surface area contributed by atoms with Crippen LogP contribution in [0.25, 0.3) is 11.2 Å². The predicted molar refractivity (Wildman–Crippen MR) is 115 cm³/mol. The van der Waals surface area contributed by atoms with Crippen LogP contribution in [0.2, 0.25) is 0 Å². The van der Waals surface area contributed by atoms with Gasteiger partial charge in [-0.2, -0.15) is 4.99 Å². The van der Waals surface area contributed by atoms with E-state index < -0.39 is 0 Å². The molecular weight excluding hydrogens is 420 g/mol. The van der Waals surface area contributed by atoms with E-state index in [9.17, 15) is 0 Å². The number of guanidine groups is 1. The van der Waals surface area contributed by atoms with Crippen molar-refractivity contribution in [1.29, 1.82) is 0 Å². The molecule has 1 N–H and O–H groups in total. The number of ether oxygens (including phenoxy) is 3. The van der Waals surface area contributed by atoms with Crippen molar-refractivity contribution in [3.63, 3.8) is 0 Å². The maximum Gasteiger partial charge on any atom is 0.220 e. The highest BCUT2D eigenvalue weighted by Gasteiger charge is 2.22. The van der Waals surface area contributed by atoms with Crippen LogP contribution in [-0.4, -0.2) is 54.0 Å². The smallest absolute Gasteiger partial charge is 0.220 e. The molecule has 1 aliphatic carbocycles. The van der Waals surface area contributed by atoms with E-state index >= 15 is 0 Å². The molecule has 0 atom stereocenters. The number of methoxy groups -OCH3 is 2. The quantitative estimate of drug-likeness (QED) is 0.766. The standard InChI is InChI=1S/C21H23ClN6O3/c1-29-14-8-15(18(22)17(9-14)30-2)16-7-12-10-23-21(25-13-3-5-31-6-4-13)26-19(12)28-11-24-27-20(16)28/h7,9,11,13H,3-6,8,10H2,1-2H3,(H,23,25). The molecule has 3 aliphatic rings. The summed E-state index contributed by atoms with van der Waals surface area (Å²) in [5.41, 5.74) is 3.30. The lowest BCUT2D eigenvalue weighted by atomic mass is 10.0. The Morgan fingerprint density at radius 2 is 2.06 bits per heavy atom. The molecule has 2 aromatic rings. The van der Waals surface area contributed by atoms with Crippen molar-refractivity contribution in [3.8, 4) is 0 Å². The first kappa shape index (κ1) is 20.0. The summed E-state index contributed by atoms with van der Waals surface area (Å²) in [7, 11) is 3.22. The van der Waals surface area contributed by atoms with Crippen molar-refractivity contribution in [2.24, 2.45) is 9.98 Å². The van der Waals surface area contributed by atoms with Gasteiger partial charge in [-0.1, -0.05) is 11.6 Å². The molecule has 1 saturated heterocycles. The fourth-order valence-electron chi connectivity index (χ4n) is 4.05. The van der Waals surface area contributed by atoms with Crippen LogP contribution in [0.15, 0.2) is 45.0 Å². The Kier molecular flexibility index (Phi) is 5.37. The number of allylic oxidation sites excluding steroid dienone is 3. The molecule has 162 valence electrons. The van der Waals surface area contributed by atoms with Crippen molar-refractivity contribution in [3.05, 3.63) is 51.3 Å². The molecule has 31 heavy (non-hydrogen) atoms. The molecule has 0 spiro atoms. The maximum atomic E-state index is 6.68. The summed E-state index contributed by atoms with van der Waals surface area (Å²) in [5.74, 6) is 1.95. The highest BCUT2D eigenvalue weighted by molar-refractivity contribution is 6.36. The molecule has 0 amide bonds. The molecule has 2 aliphatic heterocycles. The summed E-state index contributed by atoms with van der Waals surface area (Å²) in [6.07, 6.45) is 5.90. The normalized spacial score (nSPS) is 21.3. The van der Waals surface area contributed by atoms with E-state index in [2.05, 4.69) is 20.5 Å². The van der Waals surface area contributed by atoms with Crippen LogP contribution in [0.3, 0.4) is 0 Å². The summed E-state index contributed by atoms with van der Waals surface area (Å²) < 4.78 is 18.3. The molecule has 2 aromatic heterocycles. The predicted octanol–water partition coefficient (Wildman–Crippen LogP) is 1.17. The Bertz CT molecular complexity index is 1240. The molecule has 5 rings (SSSR count). The van der Waals surface area contributed by atoms with Crippen LogP contribution in [0, 0.1) is 0 Å². The van der Waals surface area contributed by atoms with Gasteiger partial charge < -0.3 is 19.5 Å². The minimum absolute atomic E-state index is 0.321. The molecule has 9 nitrogen and oxygen atoms in total. The Labute approximate surface area is 183 Å². The maximum absolute atomic E-state index is 6.68. The van der Waals surface area contributed by atoms with Crippen LogP contribution in [0.4, 0.5) is 0 Å². The number of nitrogens with zero attached hydrogens (tertiary/aromatic N) is 5. The zero-order valence-electron chi connectivity index (χ0n) is 17.4. The van der Waals surface area contributed by atoms with E-state index in [1.165, 1.54) is 0 Å². The Hall–Kier alpha value is -2.91. The summed E-state index contributed by atoms with van der Waals surface area (Å²) in [5, 5.41) is 13.3. The number of aliphatic imine (C=N–C) groups is 1. The lowest BCUT2D eigenvalue weighted by Crippen LogP contribution is -2.41. The third kappa shape index (κ3) is 3.68. The van der Waals surface area contributed by atoms with Gasteiger partial charge in [0.2, 0.25) is 5.96 Å². The number of hydrogen-bond acceptors (Lipinski definition) is 8. The number of fused-ring (bicyclic) bond motifs is 3. The van der Waals surface area contributed by atoms with Crippen LogP contribution < -0.4 is 16.0 Å². The second-order valence-electron chi connectivity index (χ2n) is 7.57. The Balaban J connectivity index is 1.63. The molecule has 0 saturated carbocycles. The van der Waals surface area contributed by atoms with E-state index in [4.69, 9.17) is 30.8 Å². The van der Waals surface area contributed by atoms with Gasteiger partial charge in [-0.3, -0.25) is 4.40 Å². The number of pyridine rings is 1. The number of rotatable bonds is 3. The van der Waals surface area contributed by atoms with E-state index in [-0.39, 0.29) is 0 Å². The van der Waals surface area contributed by atoms with Gasteiger partial charge in [0.15, 0.2) is 5.65 Å². The largest absolute Gasteiger partial charge is 0.501 e. The number of aromatic nitrogens is 3. The van der Waals surface area contributed by atoms with Gasteiger partial charge in [0.25, 0.3) is 0 Å². The monoisotopic (exact) mass is 442 g/mol.